The Morgan fingerprint density at radius 2 is 1.88 bits per heavy atom. The predicted molar refractivity (Wildman–Crippen MR) is 113 cm³/mol. The van der Waals surface area contributed by atoms with Crippen molar-refractivity contribution in [3.8, 4) is 0 Å². The van der Waals surface area contributed by atoms with Crippen molar-refractivity contribution in [2.45, 2.75) is 51.0 Å². The van der Waals surface area contributed by atoms with Gasteiger partial charge in [0.15, 0.2) is 0 Å². The molecule has 3 rings (SSSR count). The van der Waals surface area contributed by atoms with Crippen molar-refractivity contribution >= 4 is 5.57 Å². The molecule has 1 aliphatic heterocycles. The molecule has 2 nitrogen and oxygen atoms in total. The smallest absolute Gasteiger partial charge is 0.00914 e. The summed E-state index contributed by atoms with van der Waals surface area (Å²) in [5.41, 5.74) is 5.11. The lowest BCUT2D eigenvalue weighted by atomic mass is 9.94. The van der Waals surface area contributed by atoms with E-state index in [-0.39, 0.29) is 0 Å². The van der Waals surface area contributed by atoms with Gasteiger partial charge in [-0.15, -0.1) is 0 Å². The third-order valence-electron chi connectivity index (χ3n) is 5.69. The molecule has 0 atom stereocenters. The number of aryl methyl sites for hydroxylation is 1. The van der Waals surface area contributed by atoms with Crippen LogP contribution in [0.3, 0.4) is 0 Å². The van der Waals surface area contributed by atoms with Gasteiger partial charge >= 0.3 is 0 Å². The van der Waals surface area contributed by atoms with Crippen LogP contribution in [0, 0.1) is 0 Å². The zero-order valence-corrected chi connectivity index (χ0v) is 16.3. The van der Waals surface area contributed by atoms with Gasteiger partial charge in [0, 0.05) is 6.04 Å². The van der Waals surface area contributed by atoms with Gasteiger partial charge in [-0.1, -0.05) is 49.1 Å². The maximum absolute atomic E-state index is 4.28. The Labute approximate surface area is 159 Å². The third-order valence-corrected chi connectivity index (χ3v) is 5.69. The number of piperidine rings is 1. The molecule has 1 aliphatic carbocycles. The number of hydrogen-bond acceptors (Lipinski definition) is 2. The van der Waals surface area contributed by atoms with Crippen molar-refractivity contribution in [1.82, 2.24) is 10.2 Å². The Morgan fingerprint density at radius 3 is 2.58 bits per heavy atom. The number of nitrogens with zero attached hydrogens (tertiary/aromatic N) is 1. The minimum Gasteiger partial charge on any atom is -0.314 e. The molecule has 2 aliphatic rings. The van der Waals surface area contributed by atoms with Crippen molar-refractivity contribution in [2.24, 2.45) is 0 Å². The van der Waals surface area contributed by atoms with E-state index in [2.05, 4.69) is 66.3 Å². The van der Waals surface area contributed by atoms with Gasteiger partial charge in [-0.2, -0.15) is 0 Å². The van der Waals surface area contributed by atoms with Crippen LogP contribution in [0.4, 0.5) is 0 Å². The van der Waals surface area contributed by atoms with E-state index in [1.165, 1.54) is 61.9 Å². The van der Waals surface area contributed by atoms with Crippen LogP contribution in [-0.4, -0.2) is 37.6 Å². The molecule has 1 saturated heterocycles. The summed E-state index contributed by atoms with van der Waals surface area (Å²) < 4.78 is 0. The molecule has 1 aromatic rings. The lowest BCUT2D eigenvalue weighted by Crippen LogP contribution is -2.41. The quantitative estimate of drug-likeness (QED) is 0.665. The fourth-order valence-corrected chi connectivity index (χ4v) is 3.85. The van der Waals surface area contributed by atoms with Gasteiger partial charge in [-0.25, -0.2) is 0 Å². The van der Waals surface area contributed by atoms with Crippen LogP contribution in [0.15, 0.2) is 54.6 Å². The summed E-state index contributed by atoms with van der Waals surface area (Å²) in [6, 6.07) is 9.76. The first-order valence-electron chi connectivity index (χ1n) is 10.3. The number of rotatable bonds is 8. The van der Waals surface area contributed by atoms with Crippen LogP contribution in [0.25, 0.3) is 5.57 Å². The van der Waals surface area contributed by atoms with Crippen LogP contribution in [0.5, 0.6) is 0 Å². The second-order valence-corrected chi connectivity index (χ2v) is 7.80. The monoisotopic (exact) mass is 350 g/mol. The minimum atomic E-state index is 0.736. The number of likely N-dealkylation sites (tertiary alicyclic amines) is 1. The number of nitrogens with one attached hydrogen (secondary N) is 1. The van der Waals surface area contributed by atoms with Gasteiger partial charge in [0.2, 0.25) is 0 Å². The molecular formula is C24H34N2. The lowest BCUT2D eigenvalue weighted by Gasteiger charge is -2.29. The third kappa shape index (κ3) is 5.69. The highest BCUT2D eigenvalue weighted by atomic mass is 15.1. The van der Waals surface area contributed by atoms with Gasteiger partial charge in [0.1, 0.15) is 0 Å². The van der Waals surface area contributed by atoms with Crippen LogP contribution in [0.2, 0.25) is 0 Å². The Morgan fingerprint density at radius 1 is 1.12 bits per heavy atom. The first-order valence-corrected chi connectivity index (χ1v) is 10.3. The van der Waals surface area contributed by atoms with Crippen LogP contribution in [0.1, 0.15) is 49.7 Å². The van der Waals surface area contributed by atoms with E-state index in [1.54, 1.807) is 0 Å². The van der Waals surface area contributed by atoms with E-state index in [0.29, 0.717) is 0 Å². The number of benzene rings is 1. The molecule has 1 aromatic carbocycles. The normalized spacial score (nSPS) is 18.7. The Balaban J connectivity index is 1.36. The zero-order chi connectivity index (χ0) is 18.2. The summed E-state index contributed by atoms with van der Waals surface area (Å²) in [6.45, 7) is 7.92. The summed E-state index contributed by atoms with van der Waals surface area (Å²) in [5.74, 6) is 0. The molecule has 0 aromatic heterocycles. The first kappa shape index (κ1) is 19.1. The molecule has 0 spiro atoms. The van der Waals surface area contributed by atoms with Crippen molar-refractivity contribution in [3.63, 3.8) is 0 Å². The molecule has 0 bridgehead atoms. The Bertz CT molecular complexity index is 631. The second kappa shape index (κ2) is 9.89. The van der Waals surface area contributed by atoms with E-state index < -0.39 is 0 Å². The summed E-state index contributed by atoms with van der Waals surface area (Å²) in [4.78, 5) is 2.43. The van der Waals surface area contributed by atoms with Gasteiger partial charge in [0.25, 0.3) is 0 Å². The SMILES string of the molecule is C=C(C1=CCCC=C1)c1ccc(CCCCNC2CCN(C)CC2)cc1. The minimum absolute atomic E-state index is 0.736. The number of unbranched alkanes of at least 4 members (excludes halogenated alkanes) is 1. The zero-order valence-electron chi connectivity index (χ0n) is 16.3. The van der Waals surface area contributed by atoms with Gasteiger partial charge in [-0.3, -0.25) is 0 Å². The molecule has 140 valence electrons. The molecule has 0 amide bonds. The van der Waals surface area contributed by atoms with E-state index in [9.17, 15) is 0 Å². The van der Waals surface area contributed by atoms with Gasteiger partial charge < -0.3 is 10.2 Å². The van der Waals surface area contributed by atoms with E-state index in [0.717, 1.165) is 31.0 Å². The fraction of sp³-hybridized carbons (Fsp3) is 0.500. The first-order chi connectivity index (χ1) is 12.7. The molecule has 0 saturated carbocycles. The highest BCUT2D eigenvalue weighted by molar-refractivity contribution is 5.80. The van der Waals surface area contributed by atoms with Crippen molar-refractivity contribution in [3.05, 3.63) is 65.8 Å². The average molecular weight is 351 g/mol. The number of allylic oxidation sites excluding steroid dienone is 5. The summed E-state index contributed by atoms with van der Waals surface area (Å²) in [5, 5.41) is 3.74. The van der Waals surface area contributed by atoms with Gasteiger partial charge in [0.05, 0.1) is 0 Å². The van der Waals surface area contributed by atoms with Gasteiger partial charge in [-0.05, 0) is 93.9 Å². The molecule has 0 unspecified atom stereocenters. The Hall–Kier alpha value is -1.64. The van der Waals surface area contributed by atoms with E-state index in [4.69, 9.17) is 0 Å². The van der Waals surface area contributed by atoms with Crippen molar-refractivity contribution in [1.29, 1.82) is 0 Å². The fourth-order valence-electron chi connectivity index (χ4n) is 3.85. The summed E-state index contributed by atoms with van der Waals surface area (Å²) in [6.07, 6.45) is 15.3. The topological polar surface area (TPSA) is 15.3 Å². The molecular weight excluding hydrogens is 316 g/mol. The molecule has 2 heteroatoms. The molecule has 0 radical (unpaired) electrons. The van der Waals surface area contributed by atoms with Crippen molar-refractivity contribution in [2.75, 3.05) is 26.7 Å². The largest absolute Gasteiger partial charge is 0.314 e. The molecule has 1 heterocycles. The van der Waals surface area contributed by atoms with Crippen LogP contribution in [-0.2, 0) is 6.42 Å². The predicted octanol–water partition coefficient (Wildman–Crippen LogP) is 4.98. The standard InChI is InChI=1S/C24H34N2/c1-20(22-9-4-3-5-10-22)23-13-11-21(12-14-23)8-6-7-17-25-24-15-18-26(2)19-16-24/h4,9-14,24-25H,1,3,5-8,15-19H2,2H3. The second-order valence-electron chi connectivity index (χ2n) is 7.80. The van der Waals surface area contributed by atoms with Crippen LogP contribution >= 0.6 is 0 Å². The van der Waals surface area contributed by atoms with Crippen molar-refractivity contribution < 1.29 is 0 Å². The van der Waals surface area contributed by atoms with Crippen LogP contribution < -0.4 is 5.32 Å². The van der Waals surface area contributed by atoms with E-state index in [1.807, 2.05) is 0 Å². The molecule has 1 N–H and O–H groups in total. The maximum atomic E-state index is 4.28. The Kier molecular flexibility index (Phi) is 7.28. The average Bonchev–Trinajstić information content (AvgIpc) is 2.70. The maximum Gasteiger partial charge on any atom is 0.00914 e. The molecule has 26 heavy (non-hydrogen) atoms. The summed E-state index contributed by atoms with van der Waals surface area (Å²) in [7, 11) is 2.22. The lowest BCUT2D eigenvalue weighted by molar-refractivity contribution is 0.234. The highest BCUT2D eigenvalue weighted by Crippen LogP contribution is 2.25. The summed E-state index contributed by atoms with van der Waals surface area (Å²) >= 11 is 0. The highest BCUT2D eigenvalue weighted by Gasteiger charge is 2.15. The molecule has 1 fully saturated rings. The number of hydrogen-bond donors (Lipinski definition) is 1. The van der Waals surface area contributed by atoms with E-state index >= 15 is 0 Å².